The van der Waals surface area contributed by atoms with Gasteiger partial charge in [-0.1, -0.05) is 25.0 Å². The molecule has 0 radical (unpaired) electrons. The maximum atomic E-state index is 13.3. The molecule has 2 rings (SSSR count). The summed E-state index contributed by atoms with van der Waals surface area (Å²) in [5.41, 5.74) is 1.39. The largest absolute Gasteiger partial charge is 0.480 e. The van der Waals surface area contributed by atoms with Crippen LogP contribution in [0.4, 0.5) is 0 Å². The zero-order chi connectivity index (χ0) is 18.1. The summed E-state index contributed by atoms with van der Waals surface area (Å²) < 4.78 is 25.0. The molecule has 0 bridgehead atoms. The van der Waals surface area contributed by atoms with Crippen molar-refractivity contribution in [1.29, 1.82) is 0 Å². The maximum absolute atomic E-state index is 13.3. The molecule has 1 aliphatic rings. The quantitative estimate of drug-likeness (QED) is 0.843. The number of nitrogens with one attached hydrogen (secondary N) is 1. The lowest BCUT2D eigenvalue weighted by Gasteiger charge is -2.29. The highest BCUT2D eigenvalue weighted by atomic mass is 32.2. The third-order valence-corrected chi connectivity index (χ3v) is 7.33. The van der Waals surface area contributed by atoms with E-state index >= 15 is 0 Å². The van der Waals surface area contributed by atoms with Gasteiger partial charge in [0, 0.05) is 0 Å². The fourth-order valence-electron chi connectivity index (χ4n) is 3.16. The fraction of sp³-hybridized carbons (Fsp3) is 0.529. The van der Waals surface area contributed by atoms with Gasteiger partial charge in [0.15, 0.2) is 14.6 Å². The number of amides is 1. The van der Waals surface area contributed by atoms with Crippen LogP contribution >= 0.6 is 0 Å². The van der Waals surface area contributed by atoms with Crippen LogP contribution in [-0.4, -0.2) is 36.2 Å². The molecule has 0 aromatic heterocycles. The van der Waals surface area contributed by atoms with Crippen LogP contribution in [0.2, 0.25) is 0 Å². The van der Waals surface area contributed by atoms with Crippen LogP contribution in [0.3, 0.4) is 0 Å². The highest BCUT2D eigenvalue weighted by Gasteiger charge is 2.53. The Hall–Kier alpha value is -1.89. The lowest BCUT2D eigenvalue weighted by Crippen LogP contribution is -2.54. The van der Waals surface area contributed by atoms with Crippen molar-refractivity contribution in [1.82, 2.24) is 5.32 Å². The molecule has 0 aliphatic heterocycles. The third kappa shape index (κ3) is 3.05. The van der Waals surface area contributed by atoms with Gasteiger partial charge in [-0.25, -0.2) is 8.42 Å². The van der Waals surface area contributed by atoms with E-state index in [0.717, 1.165) is 5.56 Å². The van der Waals surface area contributed by atoms with Gasteiger partial charge in [-0.2, -0.15) is 0 Å². The Labute approximate surface area is 142 Å². The molecule has 1 unspecified atom stereocenters. The highest BCUT2D eigenvalue weighted by molar-refractivity contribution is 7.93. The van der Waals surface area contributed by atoms with E-state index in [-0.39, 0.29) is 17.7 Å². The van der Waals surface area contributed by atoms with Crippen molar-refractivity contribution in [3.63, 3.8) is 0 Å². The van der Waals surface area contributed by atoms with Crippen LogP contribution in [0.15, 0.2) is 23.1 Å². The maximum Gasteiger partial charge on any atom is 0.325 e. The molecule has 1 atom stereocenters. The molecule has 1 aliphatic carbocycles. The number of aliphatic carboxylic acids is 1. The lowest BCUT2D eigenvalue weighted by atomic mass is 10.1. The Balaban J connectivity index is 2.51. The van der Waals surface area contributed by atoms with Gasteiger partial charge in [0.1, 0.15) is 6.04 Å². The van der Waals surface area contributed by atoms with E-state index in [2.05, 4.69) is 5.32 Å². The molecule has 6 nitrogen and oxygen atoms in total. The minimum absolute atomic E-state index is 0.155. The number of hydrogen-bond acceptors (Lipinski definition) is 4. The molecular weight excluding hydrogens is 330 g/mol. The normalized spacial score (nSPS) is 18.1. The van der Waals surface area contributed by atoms with Gasteiger partial charge in [-0.15, -0.1) is 0 Å². The van der Waals surface area contributed by atoms with Crippen molar-refractivity contribution >= 4 is 21.7 Å². The van der Waals surface area contributed by atoms with E-state index in [4.69, 9.17) is 5.11 Å². The monoisotopic (exact) mass is 353 g/mol. The number of aryl methyl sites for hydroxylation is 2. The summed E-state index contributed by atoms with van der Waals surface area (Å²) in [6, 6.07) is 3.99. The summed E-state index contributed by atoms with van der Waals surface area (Å²) in [6.45, 7) is 4.83. The lowest BCUT2D eigenvalue weighted by molar-refractivity contribution is -0.141. The Morgan fingerprint density at radius 3 is 2.33 bits per heavy atom. The first-order valence-corrected chi connectivity index (χ1v) is 9.46. The van der Waals surface area contributed by atoms with Gasteiger partial charge < -0.3 is 10.4 Å². The minimum atomic E-state index is -3.93. The topological polar surface area (TPSA) is 101 Å². The number of carboxylic acids is 1. The van der Waals surface area contributed by atoms with Gasteiger partial charge in [0.05, 0.1) is 4.90 Å². The summed E-state index contributed by atoms with van der Waals surface area (Å²) in [6.07, 6.45) is 1.67. The van der Waals surface area contributed by atoms with Gasteiger partial charge in [0.25, 0.3) is 0 Å². The van der Waals surface area contributed by atoms with Crippen LogP contribution in [0, 0.1) is 13.8 Å². The van der Waals surface area contributed by atoms with Crippen molar-refractivity contribution < 1.29 is 23.1 Å². The summed E-state index contributed by atoms with van der Waals surface area (Å²) in [4.78, 5) is 23.9. The molecule has 1 fully saturated rings. The number of benzene rings is 1. The van der Waals surface area contributed by atoms with Gasteiger partial charge in [-0.3, -0.25) is 9.59 Å². The molecule has 132 valence electrons. The summed E-state index contributed by atoms with van der Waals surface area (Å²) >= 11 is 0. The van der Waals surface area contributed by atoms with E-state index in [9.17, 15) is 18.0 Å². The summed E-state index contributed by atoms with van der Waals surface area (Å²) in [5, 5.41) is 11.3. The fourth-order valence-corrected chi connectivity index (χ4v) is 5.54. The second-order valence-corrected chi connectivity index (χ2v) is 8.74. The van der Waals surface area contributed by atoms with Crippen molar-refractivity contribution in [2.75, 3.05) is 0 Å². The molecule has 1 saturated carbocycles. The van der Waals surface area contributed by atoms with E-state index in [1.54, 1.807) is 26.0 Å². The molecule has 2 N–H and O–H groups in total. The first-order chi connectivity index (χ1) is 11.1. The first kappa shape index (κ1) is 18.4. The van der Waals surface area contributed by atoms with Crippen molar-refractivity contribution in [2.24, 2.45) is 0 Å². The van der Waals surface area contributed by atoms with Crippen molar-refractivity contribution in [3.05, 3.63) is 29.3 Å². The van der Waals surface area contributed by atoms with Crippen LogP contribution in [0.25, 0.3) is 0 Å². The predicted octanol–water partition coefficient (Wildman–Crippen LogP) is 1.98. The molecule has 24 heavy (non-hydrogen) atoms. The summed E-state index contributed by atoms with van der Waals surface area (Å²) in [5.74, 6) is -1.91. The smallest absolute Gasteiger partial charge is 0.325 e. The molecule has 0 spiro atoms. The average molecular weight is 353 g/mol. The number of sulfone groups is 1. The van der Waals surface area contributed by atoms with E-state index in [1.165, 1.54) is 6.92 Å². The molecule has 1 aromatic carbocycles. The Bertz CT molecular complexity index is 763. The number of rotatable bonds is 5. The SMILES string of the molecule is Cc1ccc(C)c(S(=O)(=O)C2(C(=O)NC(C)C(=O)O)CCCC2)c1. The molecule has 0 heterocycles. The number of carbonyl (C=O) groups is 2. The second kappa shape index (κ2) is 6.55. The minimum Gasteiger partial charge on any atom is -0.480 e. The van der Waals surface area contributed by atoms with Crippen LogP contribution in [0.5, 0.6) is 0 Å². The van der Waals surface area contributed by atoms with Gasteiger partial charge >= 0.3 is 5.97 Å². The Morgan fingerprint density at radius 1 is 1.21 bits per heavy atom. The van der Waals surface area contributed by atoms with E-state index in [1.807, 2.05) is 6.07 Å². The molecule has 0 saturated heterocycles. The molecule has 1 amide bonds. The van der Waals surface area contributed by atoms with Crippen LogP contribution < -0.4 is 5.32 Å². The Kier molecular flexibility index (Phi) is 5.03. The van der Waals surface area contributed by atoms with E-state index in [0.29, 0.717) is 18.4 Å². The first-order valence-electron chi connectivity index (χ1n) is 7.97. The molecular formula is C17H23NO5S. The standard InChI is InChI=1S/C17H23NO5S/c1-11-6-7-12(2)14(10-11)24(22,23)17(8-4-5-9-17)16(21)18-13(3)15(19)20/h6-7,10,13H,4-5,8-9H2,1-3H3,(H,18,21)(H,19,20). The van der Waals surface area contributed by atoms with Crippen LogP contribution in [0.1, 0.15) is 43.7 Å². The highest BCUT2D eigenvalue weighted by Crippen LogP contribution is 2.41. The van der Waals surface area contributed by atoms with Gasteiger partial charge in [-0.05, 0) is 50.8 Å². The zero-order valence-electron chi connectivity index (χ0n) is 14.1. The second-order valence-electron chi connectivity index (χ2n) is 6.51. The molecule has 7 heteroatoms. The van der Waals surface area contributed by atoms with Crippen LogP contribution in [-0.2, 0) is 19.4 Å². The van der Waals surface area contributed by atoms with Crippen molar-refractivity contribution in [3.8, 4) is 0 Å². The number of carbonyl (C=O) groups excluding carboxylic acids is 1. The Morgan fingerprint density at radius 2 is 1.79 bits per heavy atom. The zero-order valence-corrected chi connectivity index (χ0v) is 14.9. The number of carboxylic acid groups (broad SMARTS) is 1. The summed E-state index contributed by atoms with van der Waals surface area (Å²) in [7, 11) is -3.93. The average Bonchev–Trinajstić information content (AvgIpc) is 3.00. The third-order valence-electron chi connectivity index (χ3n) is 4.69. The number of hydrogen-bond donors (Lipinski definition) is 2. The van der Waals surface area contributed by atoms with Crippen molar-refractivity contribution in [2.45, 2.75) is 62.1 Å². The molecule has 1 aromatic rings. The van der Waals surface area contributed by atoms with E-state index < -0.39 is 32.5 Å². The van der Waals surface area contributed by atoms with Gasteiger partial charge in [0.2, 0.25) is 5.91 Å². The predicted molar refractivity (Wildman–Crippen MR) is 89.5 cm³/mol.